The first-order chi connectivity index (χ1) is 3.89. The summed E-state index contributed by atoms with van der Waals surface area (Å²) >= 11 is 0. The third kappa shape index (κ3) is 1.64. The Labute approximate surface area is 49.1 Å². The molecule has 2 nitrogen and oxygen atoms in total. The van der Waals surface area contributed by atoms with E-state index in [4.69, 9.17) is 9.47 Å². The Kier molecular flexibility index (Phi) is 2.06. The van der Waals surface area contributed by atoms with Crippen molar-refractivity contribution in [2.45, 2.75) is 0 Å². The first-order valence-electron chi connectivity index (χ1n) is 2.72. The quantitative estimate of drug-likeness (QED) is 0.429. The van der Waals surface area contributed by atoms with E-state index in [9.17, 15) is 0 Å². The second-order valence-electron chi connectivity index (χ2n) is 1.86. The van der Waals surface area contributed by atoms with E-state index in [0.717, 1.165) is 5.57 Å². The van der Waals surface area contributed by atoms with Gasteiger partial charge >= 0.3 is 0 Å². The largest absolute Gasteiger partial charge is 0.375 e. The van der Waals surface area contributed by atoms with Crippen LogP contribution < -0.4 is 0 Å². The molecule has 1 fully saturated rings. The maximum absolute atomic E-state index is 5.08. The molecule has 1 heterocycles. The number of hydrogen-bond acceptors (Lipinski definition) is 2. The molecule has 0 aromatic rings. The number of rotatable bonds is 0. The topological polar surface area (TPSA) is 18.5 Å². The van der Waals surface area contributed by atoms with Gasteiger partial charge in [-0.1, -0.05) is 6.58 Å². The fourth-order valence-corrected chi connectivity index (χ4v) is 0.593. The van der Waals surface area contributed by atoms with Crippen LogP contribution in [0.5, 0.6) is 0 Å². The predicted molar refractivity (Wildman–Crippen MR) is 30.8 cm³/mol. The number of hydrogen-bond donors (Lipinski definition) is 0. The van der Waals surface area contributed by atoms with E-state index in [-0.39, 0.29) is 0 Å². The second-order valence-corrected chi connectivity index (χ2v) is 1.86. The van der Waals surface area contributed by atoms with E-state index in [0.29, 0.717) is 26.4 Å². The van der Waals surface area contributed by atoms with Crippen LogP contribution in [0.3, 0.4) is 0 Å². The summed E-state index contributed by atoms with van der Waals surface area (Å²) in [5.41, 5.74) is 1.03. The lowest BCUT2D eigenvalue weighted by molar-refractivity contribution is 0.103. The fourth-order valence-electron chi connectivity index (χ4n) is 0.593. The van der Waals surface area contributed by atoms with E-state index in [2.05, 4.69) is 6.58 Å². The first kappa shape index (κ1) is 5.79. The van der Waals surface area contributed by atoms with Gasteiger partial charge in [-0.3, -0.25) is 0 Å². The summed E-state index contributed by atoms with van der Waals surface area (Å²) in [5, 5.41) is 0. The van der Waals surface area contributed by atoms with Crippen molar-refractivity contribution >= 4 is 0 Å². The molecule has 1 aliphatic rings. The van der Waals surface area contributed by atoms with E-state index >= 15 is 0 Å². The van der Waals surface area contributed by atoms with Crippen molar-refractivity contribution in [3.05, 3.63) is 12.2 Å². The number of ether oxygens (including phenoxy) is 2. The van der Waals surface area contributed by atoms with Crippen LogP contribution in [0.1, 0.15) is 0 Å². The highest BCUT2D eigenvalue weighted by Gasteiger charge is 1.99. The van der Waals surface area contributed by atoms with Crippen LogP contribution in [0.25, 0.3) is 0 Å². The molecule has 1 saturated heterocycles. The molecule has 0 atom stereocenters. The van der Waals surface area contributed by atoms with Crippen molar-refractivity contribution in [3.8, 4) is 0 Å². The van der Waals surface area contributed by atoms with Gasteiger partial charge in [-0.25, -0.2) is 0 Å². The van der Waals surface area contributed by atoms with Crippen molar-refractivity contribution in [2.24, 2.45) is 0 Å². The average molecular weight is 114 g/mol. The van der Waals surface area contributed by atoms with E-state index in [1.165, 1.54) is 0 Å². The van der Waals surface area contributed by atoms with Crippen LogP contribution >= 0.6 is 0 Å². The molecule has 0 radical (unpaired) electrons. The highest BCUT2D eigenvalue weighted by Crippen LogP contribution is 1.96. The molecular weight excluding hydrogens is 104 g/mol. The van der Waals surface area contributed by atoms with Crippen LogP contribution in [0, 0.1) is 0 Å². The molecule has 46 valence electrons. The van der Waals surface area contributed by atoms with Crippen LogP contribution in [0.2, 0.25) is 0 Å². The average Bonchev–Trinajstić information content (AvgIpc) is 1.94. The zero-order valence-corrected chi connectivity index (χ0v) is 4.85. The van der Waals surface area contributed by atoms with Gasteiger partial charge in [0, 0.05) is 0 Å². The molecule has 0 saturated carbocycles. The van der Waals surface area contributed by atoms with Crippen molar-refractivity contribution in [1.29, 1.82) is 0 Å². The molecule has 0 bridgehead atoms. The molecule has 0 N–H and O–H groups in total. The molecule has 0 unspecified atom stereocenters. The zero-order valence-electron chi connectivity index (χ0n) is 4.85. The van der Waals surface area contributed by atoms with Crippen LogP contribution in [-0.4, -0.2) is 26.4 Å². The summed E-state index contributed by atoms with van der Waals surface area (Å²) in [5.74, 6) is 0. The highest BCUT2D eigenvalue weighted by molar-refractivity contribution is 4.94. The molecule has 0 aromatic carbocycles. The zero-order chi connectivity index (χ0) is 5.82. The Morgan fingerprint density at radius 1 is 1.12 bits per heavy atom. The molecule has 0 amide bonds. The molecule has 0 aliphatic carbocycles. The normalized spacial score (nSPS) is 22.8. The van der Waals surface area contributed by atoms with Gasteiger partial charge in [-0.05, 0) is 5.57 Å². The molecule has 2 heteroatoms. The van der Waals surface area contributed by atoms with Crippen molar-refractivity contribution in [1.82, 2.24) is 0 Å². The van der Waals surface area contributed by atoms with Crippen molar-refractivity contribution in [2.75, 3.05) is 26.4 Å². The van der Waals surface area contributed by atoms with Gasteiger partial charge in [-0.15, -0.1) is 0 Å². The van der Waals surface area contributed by atoms with Crippen LogP contribution in [0.4, 0.5) is 0 Å². The SMILES string of the molecule is C=C1COCCOC1. The summed E-state index contributed by atoms with van der Waals surface area (Å²) in [6.45, 7) is 6.47. The van der Waals surface area contributed by atoms with Crippen LogP contribution in [-0.2, 0) is 9.47 Å². The standard InChI is InChI=1S/C6H10O2/c1-6-4-7-2-3-8-5-6/h1-5H2. The van der Waals surface area contributed by atoms with Gasteiger partial charge < -0.3 is 9.47 Å². The fraction of sp³-hybridized carbons (Fsp3) is 0.667. The summed E-state index contributed by atoms with van der Waals surface area (Å²) < 4.78 is 10.2. The lowest BCUT2D eigenvalue weighted by Crippen LogP contribution is -1.96. The van der Waals surface area contributed by atoms with Gasteiger partial charge in [0.15, 0.2) is 0 Å². The minimum atomic E-state index is 0.667. The summed E-state index contributed by atoms with van der Waals surface area (Å²) in [6, 6.07) is 0. The molecular formula is C6H10O2. The summed E-state index contributed by atoms with van der Waals surface area (Å²) in [7, 11) is 0. The lowest BCUT2D eigenvalue weighted by atomic mass is 10.4. The van der Waals surface area contributed by atoms with Gasteiger partial charge in [0.25, 0.3) is 0 Å². The van der Waals surface area contributed by atoms with Crippen molar-refractivity contribution < 1.29 is 9.47 Å². The maximum Gasteiger partial charge on any atom is 0.0705 e. The summed E-state index contributed by atoms with van der Waals surface area (Å²) in [4.78, 5) is 0. The Morgan fingerprint density at radius 3 is 2.12 bits per heavy atom. The Hall–Kier alpha value is -0.340. The smallest absolute Gasteiger partial charge is 0.0705 e. The summed E-state index contributed by atoms with van der Waals surface area (Å²) in [6.07, 6.45) is 0. The molecule has 0 aromatic heterocycles. The minimum Gasteiger partial charge on any atom is -0.375 e. The van der Waals surface area contributed by atoms with E-state index in [1.54, 1.807) is 0 Å². The minimum absolute atomic E-state index is 0.667. The Balaban J connectivity index is 2.27. The third-order valence-corrected chi connectivity index (χ3v) is 0.984. The van der Waals surface area contributed by atoms with Gasteiger partial charge in [0.05, 0.1) is 26.4 Å². The van der Waals surface area contributed by atoms with E-state index < -0.39 is 0 Å². The van der Waals surface area contributed by atoms with Crippen LogP contribution in [0.15, 0.2) is 12.2 Å². The molecule has 1 aliphatic heterocycles. The Morgan fingerprint density at radius 2 is 1.62 bits per heavy atom. The Bertz CT molecular complexity index is 78.5. The molecule has 1 rings (SSSR count). The predicted octanol–water partition coefficient (Wildman–Crippen LogP) is 0.589. The second kappa shape index (κ2) is 2.84. The van der Waals surface area contributed by atoms with E-state index in [1.807, 2.05) is 0 Å². The van der Waals surface area contributed by atoms with Crippen molar-refractivity contribution in [3.63, 3.8) is 0 Å². The molecule has 8 heavy (non-hydrogen) atoms. The highest BCUT2D eigenvalue weighted by atomic mass is 16.5. The molecule has 0 spiro atoms. The maximum atomic E-state index is 5.08. The van der Waals surface area contributed by atoms with Gasteiger partial charge in [0.1, 0.15) is 0 Å². The first-order valence-corrected chi connectivity index (χ1v) is 2.72. The van der Waals surface area contributed by atoms with Gasteiger partial charge in [-0.2, -0.15) is 0 Å². The monoisotopic (exact) mass is 114 g/mol. The third-order valence-electron chi connectivity index (χ3n) is 0.984. The van der Waals surface area contributed by atoms with Gasteiger partial charge in [0.2, 0.25) is 0 Å². The lowest BCUT2D eigenvalue weighted by Gasteiger charge is -1.95.